The molecule has 1 saturated heterocycles. The number of amides is 2. The van der Waals surface area contributed by atoms with Crippen molar-refractivity contribution in [2.75, 3.05) is 54.0 Å². The van der Waals surface area contributed by atoms with E-state index in [4.69, 9.17) is 4.74 Å². The highest BCUT2D eigenvalue weighted by molar-refractivity contribution is 5.85. The number of likely N-dealkylation sites (tertiary alicyclic amines) is 1. The summed E-state index contributed by atoms with van der Waals surface area (Å²) in [5, 5.41) is 6.96. The molecule has 0 atom stereocenters. The van der Waals surface area contributed by atoms with Crippen molar-refractivity contribution in [3.8, 4) is 0 Å². The van der Waals surface area contributed by atoms with Gasteiger partial charge in [0.1, 0.15) is 6.54 Å². The van der Waals surface area contributed by atoms with E-state index in [1.807, 2.05) is 4.90 Å². The second kappa shape index (κ2) is 12.7. The lowest BCUT2D eigenvalue weighted by molar-refractivity contribution is -0.133. The minimum Gasteiger partial charge on any atom is -0.384 e. The highest BCUT2D eigenvalue weighted by Crippen LogP contribution is 2.22. The number of piperidine rings is 1. The predicted octanol–water partition coefficient (Wildman–Crippen LogP) is 1.22. The minimum atomic E-state index is -0.0117. The maximum atomic E-state index is 12.2. The molecular weight excluding hydrogens is 370 g/mol. The quantitative estimate of drug-likeness (QED) is 0.465. The van der Waals surface area contributed by atoms with Crippen LogP contribution in [0.3, 0.4) is 0 Å². The molecule has 2 N–H and O–H groups in total. The average Bonchev–Trinajstić information content (AvgIpc) is 2.74. The van der Waals surface area contributed by atoms with Gasteiger partial charge in [0, 0.05) is 46.9 Å². The second-order valence-electron chi connectivity index (χ2n) is 8.38. The molecule has 8 heteroatoms. The third-order valence-electron chi connectivity index (χ3n) is 5.86. The number of nitrogens with one attached hydrogen (secondary N) is 2. The van der Waals surface area contributed by atoms with Crippen LogP contribution in [0.1, 0.15) is 51.4 Å². The van der Waals surface area contributed by atoms with Crippen molar-refractivity contribution in [1.82, 2.24) is 20.4 Å². The molecule has 2 amide bonds. The molecule has 1 aliphatic carbocycles. The zero-order chi connectivity index (χ0) is 21.1. The summed E-state index contributed by atoms with van der Waals surface area (Å²) in [5.74, 6) is 1.55. The fraction of sp³-hybridized carbons (Fsp3) is 0.857. The summed E-state index contributed by atoms with van der Waals surface area (Å²) in [5.41, 5.74) is 0. The molecule has 8 nitrogen and oxygen atoms in total. The molecule has 1 heterocycles. The molecule has 166 valence electrons. The molecular formula is C21H39N5O3. The number of nitrogens with zero attached hydrogens (tertiary/aromatic N) is 3. The Morgan fingerprint density at radius 1 is 1.10 bits per heavy atom. The highest BCUT2D eigenvalue weighted by Gasteiger charge is 2.23. The molecule has 0 aromatic carbocycles. The van der Waals surface area contributed by atoms with E-state index in [-0.39, 0.29) is 24.4 Å². The number of carbonyl (C=O) groups is 2. The first-order valence-corrected chi connectivity index (χ1v) is 11.0. The summed E-state index contributed by atoms with van der Waals surface area (Å²) in [6, 6.07) is 0.258. The van der Waals surface area contributed by atoms with E-state index in [0.717, 1.165) is 38.4 Å². The van der Waals surface area contributed by atoms with E-state index in [1.165, 1.54) is 32.1 Å². The lowest BCUT2D eigenvalue weighted by atomic mass is 9.89. The Bertz CT molecular complexity index is 538. The van der Waals surface area contributed by atoms with Gasteiger partial charge in [-0.25, -0.2) is 4.99 Å². The molecule has 2 fully saturated rings. The molecule has 1 aliphatic heterocycles. The lowest BCUT2D eigenvalue weighted by Gasteiger charge is -2.33. The van der Waals surface area contributed by atoms with Gasteiger partial charge in [-0.05, 0) is 31.6 Å². The van der Waals surface area contributed by atoms with E-state index in [0.29, 0.717) is 18.9 Å². The normalized spacial score (nSPS) is 19.1. The van der Waals surface area contributed by atoms with Crippen LogP contribution in [0, 0.1) is 5.92 Å². The van der Waals surface area contributed by atoms with Crippen LogP contribution >= 0.6 is 0 Å². The van der Waals surface area contributed by atoms with Crippen LogP contribution in [0.25, 0.3) is 0 Å². The summed E-state index contributed by atoms with van der Waals surface area (Å²) >= 11 is 0. The van der Waals surface area contributed by atoms with Crippen molar-refractivity contribution in [2.24, 2.45) is 10.9 Å². The Balaban J connectivity index is 1.85. The predicted molar refractivity (Wildman–Crippen MR) is 115 cm³/mol. The van der Waals surface area contributed by atoms with E-state index in [9.17, 15) is 9.59 Å². The van der Waals surface area contributed by atoms with E-state index in [1.54, 1.807) is 26.1 Å². The molecule has 1 saturated carbocycles. The molecule has 2 aliphatic rings. The van der Waals surface area contributed by atoms with Crippen molar-refractivity contribution in [3.63, 3.8) is 0 Å². The van der Waals surface area contributed by atoms with Gasteiger partial charge in [-0.15, -0.1) is 0 Å². The van der Waals surface area contributed by atoms with Gasteiger partial charge < -0.3 is 25.2 Å². The first kappa shape index (κ1) is 23.4. The van der Waals surface area contributed by atoms with Crippen LogP contribution in [-0.4, -0.2) is 87.6 Å². The summed E-state index contributed by atoms with van der Waals surface area (Å²) in [7, 11) is 5.11. The Morgan fingerprint density at radius 3 is 2.41 bits per heavy atom. The van der Waals surface area contributed by atoms with Crippen LogP contribution in [0.2, 0.25) is 0 Å². The van der Waals surface area contributed by atoms with Crippen molar-refractivity contribution in [3.05, 3.63) is 0 Å². The molecule has 0 radical (unpaired) electrons. The lowest BCUT2D eigenvalue weighted by Crippen LogP contribution is -2.50. The van der Waals surface area contributed by atoms with Gasteiger partial charge >= 0.3 is 0 Å². The third kappa shape index (κ3) is 8.60. The van der Waals surface area contributed by atoms with Gasteiger partial charge in [0.2, 0.25) is 11.8 Å². The van der Waals surface area contributed by atoms with Gasteiger partial charge in [-0.2, -0.15) is 0 Å². The van der Waals surface area contributed by atoms with Gasteiger partial charge in [-0.3, -0.25) is 9.59 Å². The second-order valence-corrected chi connectivity index (χ2v) is 8.38. The Morgan fingerprint density at radius 2 is 1.79 bits per heavy atom. The van der Waals surface area contributed by atoms with Crippen LogP contribution in [0.15, 0.2) is 4.99 Å². The summed E-state index contributed by atoms with van der Waals surface area (Å²) in [6.45, 7) is 3.00. The van der Waals surface area contributed by atoms with E-state index in [2.05, 4.69) is 15.6 Å². The fourth-order valence-corrected chi connectivity index (χ4v) is 3.89. The van der Waals surface area contributed by atoms with Crippen LogP contribution in [0.4, 0.5) is 0 Å². The molecule has 0 aromatic rings. The van der Waals surface area contributed by atoms with Crippen molar-refractivity contribution < 1.29 is 14.3 Å². The highest BCUT2D eigenvalue weighted by atomic mass is 16.5. The molecule has 0 unspecified atom stereocenters. The topological polar surface area (TPSA) is 86.3 Å². The largest absolute Gasteiger partial charge is 0.384 e. The summed E-state index contributed by atoms with van der Waals surface area (Å²) < 4.78 is 5.00. The SMILES string of the molecule is COCCC(=O)N1CCC(NC(=NCC(=O)N(C)C)NCC2CCCCC2)CC1. The zero-order valence-corrected chi connectivity index (χ0v) is 18.4. The maximum Gasteiger partial charge on any atom is 0.243 e. The number of likely N-dealkylation sites (N-methyl/N-ethyl adjacent to an activating group) is 1. The maximum absolute atomic E-state index is 12.2. The Hall–Kier alpha value is -1.83. The van der Waals surface area contributed by atoms with Gasteiger partial charge in [-0.1, -0.05) is 19.3 Å². The van der Waals surface area contributed by atoms with Crippen molar-refractivity contribution in [2.45, 2.75) is 57.4 Å². The molecule has 0 bridgehead atoms. The van der Waals surface area contributed by atoms with Crippen molar-refractivity contribution in [1.29, 1.82) is 0 Å². The Kier molecular flexibility index (Phi) is 10.2. The first-order chi connectivity index (χ1) is 14.0. The number of aliphatic imine (C=N–C) groups is 1. The van der Waals surface area contributed by atoms with E-state index < -0.39 is 0 Å². The summed E-state index contributed by atoms with van der Waals surface area (Å²) in [4.78, 5) is 32.1. The standard InChI is InChI=1S/C21H39N5O3/c1-25(2)20(28)16-23-21(22-15-17-7-5-4-6-8-17)24-18-9-12-26(13-10-18)19(27)11-14-29-3/h17-18H,4-16H2,1-3H3,(H2,22,23,24). The van der Waals surface area contributed by atoms with E-state index >= 15 is 0 Å². The number of ether oxygens (including phenoxy) is 1. The first-order valence-electron chi connectivity index (χ1n) is 11.0. The number of methoxy groups -OCH3 is 1. The molecule has 2 rings (SSSR count). The van der Waals surface area contributed by atoms with Crippen LogP contribution in [0.5, 0.6) is 0 Å². The third-order valence-corrected chi connectivity index (χ3v) is 5.86. The number of hydrogen-bond acceptors (Lipinski definition) is 4. The van der Waals surface area contributed by atoms with Gasteiger partial charge in [0.25, 0.3) is 0 Å². The number of guanidine groups is 1. The van der Waals surface area contributed by atoms with Crippen LogP contribution in [-0.2, 0) is 14.3 Å². The zero-order valence-electron chi connectivity index (χ0n) is 18.4. The molecule has 0 spiro atoms. The van der Waals surface area contributed by atoms with Crippen molar-refractivity contribution >= 4 is 17.8 Å². The van der Waals surface area contributed by atoms with Gasteiger partial charge in [0.05, 0.1) is 13.0 Å². The molecule has 29 heavy (non-hydrogen) atoms. The number of carbonyl (C=O) groups excluding carboxylic acids is 2. The smallest absolute Gasteiger partial charge is 0.243 e. The fourth-order valence-electron chi connectivity index (χ4n) is 3.89. The molecule has 0 aromatic heterocycles. The number of hydrogen-bond donors (Lipinski definition) is 2. The van der Waals surface area contributed by atoms with Crippen LogP contribution < -0.4 is 10.6 Å². The number of rotatable bonds is 8. The average molecular weight is 410 g/mol. The summed E-state index contributed by atoms with van der Waals surface area (Å²) in [6.07, 6.45) is 8.68. The van der Waals surface area contributed by atoms with Gasteiger partial charge in [0.15, 0.2) is 5.96 Å². The Labute approximate surface area is 175 Å². The monoisotopic (exact) mass is 409 g/mol. The minimum absolute atomic E-state index is 0.0117.